The third-order valence-electron chi connectivity index (χ3n) is 10.4. The highest BCUT2D eigenvalue weighted by Crippen LogP contribution is 2.59. The van der Waals surface area contributed by atoms with Crippen molar-refractivity contribution in [2.24, 2.45) is 12.5 Å². The van der Waals surface area contributed by atoms with E-state index in [1.54, 1.807) is 23.1 Å². The van der Waals surface area contributed by atoms with Crippen molar-refractivity contribution in [1.29, 1.82) is 0 Å². The molecule has 2 aromatic heterocycles. The summed E-state index contributed by atoms with van der Waals surface area (Å²) in [5, 5.41) is 17.4. The number of aliphatic hydroxyl groups excluding tert-OH is 1. The molecule has 2 aromatic carbocycles. The Balaban J connectivity index is 0.923. The summed E-state index contributed by atoms with van der Waals surface area (Å²) < 4.78 is 8.15. The number of amides is 1. The molecule has 3 atom stereocenters. The molecule has 1 saturated heterocycles. The van der Waals surface area contributed by atoms with Gasteiger partial charge in [0.15, 0.2) is 0 Å². The van der Waals surface area contributed by atoms with Crippen molar-refractivity contribution < 1.29 is 14.6 Å². The Morgan fingerprint density at radius 2 is 1.81 bits per heavy atom. The molecule has 2 saturated carbocycles. The Morgan fingerprint density at radius 3 is 2.54 bits per heavy atom. The van der Waals surface area contributed by atoms with E-state index < -0.39 is 0 Å². The lowest BCUT2D eigenvalue weighted by molar-refractivity contribution is 0.0682. The number of hydrogen-bond acceptors (Lipinski definition) is 8. The number of β-amino-alcohol motifs (C(OH)–C–C–N with tert-alkyl or cyclic N) is 1. The van der Waals surface area contributed by atoms with Crippen molar-refractivity contribution in [2.45, 2.75) is 51.0 Å². The molecule has 11 heteroatoms. The zero-order chi connectivity index (χ0) is 33.3. The zero-order valence-electron chi connectivity index (χ0n) is 27.4. The second-order valence-corrected chi connectivity index (χ2v) is 14.0. The third-order valence-corrected chi connectivity index (χ3v) is 10.7. The van der Waals surface area contributed by atoms with Crippen LogP contribution in [0.25, 0.3) is 22.3 Å². The van der Waals surface area contributed by atoms with Gasteiger partial charge in [0.2, 0.25) is 0 Å². The number of nitrogens with two attached hydrogens (primary N) is 1. The first-order valence-corrected chi connectivity index (χ1v) is 17.3. The second-order valence-electron chi connectivity index (χ2n) is 13.6. The standard InChI is InChI=1S/C37H44ClN7O3/c1-43-23-29(21-41-43)28-18-31(35(39)40-20-28)36(47)42-33-3-2-10-37(33)19-34(37)48-24-25-4-7-27(8-5-25)30-9-6-26(17-32(30)38)22-45-13-11-44(12-14-45)15-16-46/h4-9,17-18,20-21,23,33-34,46H,2-3,10-16,19,22,24H2,1H3,(H2,39,40)(H,42,47). The van der Waals surface area contributed by atoms with Crippen LogP contribution in [-0.4, -0.2) is 87.1 Å². The number of nitrogen functional groups attached to an aromatic ring is 1. The molecule has 48 heavy (non-hydrogen) atoms. The molecule has 3 fully saturated rings. The maximum atomic E-state index is 13.4. The number of aromatic nitrogens is 3. The van der Waals surface area contributed by atoms with Crippen molar-refractivity contribution in [3.8, 4) is 22.3 Å². The first-order valence-electron chi connectivity index (χ1n) is 16.9. The van der Waals surface area contributed by atoms with Crippen LogP contribution in [0.1, 0.15) is 47.2 Å². The van der Waals surface area contributed by atoms with E-state index >= 15 is 0 Å². The predicted molar refractivity (Wildman–Crippen MR) is 187 cm³/mol. The Kier molecular flexibility index (Phi) is 9.53. The lowest BCUT2D eigenvalue weighted by atomic mass is 9.99. The molecular formula is C37H44ClN7O3. The number of pyridine rings is 1. The number of hydrogen-bond donors (Lipinski definition) is 3. The number of piperazine rings is 1. The fraction of sp³-hybridized carbons (Fsp3) is 0.432. The average molecular weight is 670 g/mol. The average Bonchev–Trinajstić information content (AvgIpc) is 3.37. The highest BCUT2D eigenvalue weighted by Gasteiger charge is 2.62. The van der Waals surface area contributed by atoms with E-state index in [1.807, 2.05) is 13.2 Å². The van der Waals surface area contributed by atoms with Crippen LogP contribution in [0.3, 0.4) is 0 Å². The topological polar surface area (TPSA) is 122 Å². The summed E-state index contributed by atoms with van der Waals surface area (Å²) in [6.07, 6.45) is 9.40. The maximum Gasteiger partial charge on any atom is 0.255 e. The van der Waals surface area contributed by atoms with Gasteiger partial charge in [-0.05, 0) is 48.1 Å². The van der Waals surface area contributed by atoms with E-state index in [0.29, 0.717) is 12.2 Å². The van der Waals surface area contributed by atoms with Gasteiger partial charge in [0.05, 0.1) is 31.1 Å². The molecule has 0 bridgehead atoms. The van der Waals surface area contributed by atoms with Crippen LogP contribution in [0.5, 0.6) is 0 Å². The van der Waals surface area contributed by atoms with E-state index in [2.05, 4.69) is 67.7 Å². The van der Waals surface area contributed by atoms with Crippen molar-refractivity contribution >= 4 is 23.3 Å². The SMILES string of the molecule is Cn1cc(-c2cnc(N)c(C(=O)NC3CCCC34CC4OCc3ccc(-c4ccc(CN5CCN(CCO)CC5)cc4Cl)cc3)c2)cn1. The first kappa shape index (κ1) is 32.7. The second kappa shape index (κ2) is 14.0. The lowest BCUT2D eigenvalue weighted by Crippen LogP contribution is -2.46. The Hall–Kier alpha value is -3.80. The minimum absolute atomic E-state index is 0.0268. The van der Waals surface area contributed by atoms with Crippen molar-refractivity contribution in [1.82, 2.24) is 29.9 Å². The van der Waals surface area contributed by atoms with E-state index in [9.17, 15) is 9.90 Å². The molecule has 252 valence electrons. The lowest BCUT2D eigenvalue weighted by Gasteiger charge is -2.34. The van der Waals surface area contributed by atoms with Crippen LogP contribution in [0, 0.1) is 5.41 Å². The normalized spacial score (nSPS) is 22.7. The van der Waals surface area contributed by atoms with Gasteiger partial charge in [-0.1, -0.05) is 54.4 Å². The summed E-state index contributed by atoms with van der Waals surface area (Å²) in [6, 6.07) is 16.7. The Morgan fingerprint density at radius 1 is 1.04 bits per heavy atom. The van der Waals surface area contributed by atoms with Gasteiger partial charge < -0.3 is 20.9 Å². The monoisotopic (exact) mass is 669 g/mol. The Labute approximate surface area is 286 Å². The van der Waals surface area contributed by atoms with Crippen LogP contribution in [0.4, 0.5) is 5.82 Å². The number of nitrogens with one attached hydrogen (secondary N) is 1. The fourth-order valence-electron chi connectivity index (χ4n) is 7.51. The van der Waals surface area contributed by atoms with Gasteiger partial charge in [-0.25, -0.2) is 4.98 Å². The van der Waals surface area contributed by atoms with Gasteiger partial charge in [-0.15, -0.1) is 0 Å². The van der Waals surface area contributed by atoms with E-state index in [1.165, 1.54) is 5.56 Å². The summed E-state index contributed by atoms with van der Waals surface area (Å²) in [7, 11) is 1.85. The number of carbonyl (C=O) groups excluding carboxylic acids is 1. The number of rotatable bonds is 11. The highest BCUT2D eigenvalue weighted by atomic mass is 35.5. The summed E-state index contributed by atoms with van der Waals surface area (Å²) in [4.78, 5) is 22.4. The number of aryl methyl sites for hydroxylation is 1. The number of anilines is 1. The molecule has 2 aliphatic carbocycles. The van der Waals surface area contributed by atoms with Gasteiger partial charge in [-0.2, -0.15) is 5.10 Å². The van der Waals surface area contributed by atoms with Crippen LogP contribution < -0.4 is 11.1 Å². The van der Waals surface area contributed by atoms with Gasteiger partial charge in [0.1, 0.15) is 5.82 Å². The summed E-state index contributed by atoms with van der Waals surface area (Å²) in [6.45, 7) is 6.32. The fourth-order valence-corrected chi connectivity index (χ4v) is 7.83. The number of halogens is 1. The van der Waals surface area contributed by atoms with Gasteiger partial charge in [0, 0.05) is 91.9 Å². The molecule has 7 rings (SSSR count). The van der Waals surface area contributed by atoms with E-state index in [4.69, 9.17) is 22.1 Å². The van der Waals surface area contributed by atoms with Crippen molar-refractivity contribution in [3.05, 3.63) is 88.8 Å². The molecule has 1 amide bonds. The van der Waals surface area contributed by atoms with E-state index in [-0.39, 0.29) is 35.9 Å². The smallest absolute Gasteiger partial charge is 0.255 e. The van der Waals surface area contributed by atoms with Gasteiger partial charge in [0.25, 0.3) is 5.91 Å². The van der Waals surface area contributed by atoms with Crippen LogP contribution in [0.15, 0.2) is 67.1 Å². The van der Waals surface area contributed by atoms with Gasteiger partial charge in [-0.3, -0.25) is 19.3 Å². The Bertz CT molecular complexity index is 1750. The minimum Gasteiger partial charge on any atom is -0.395 e. The summed E-state index contributed by atoms with van der Waals surface area (Å²) in [5.41, 5.74) is 12.6. The predicted octanol–water partition coefficient (Wildman–Crippen LogP) is 4.75. The number of ether oxygens (including phenoxy) is 1. The van der Waals surface area contributed by atoms with E-state index in [0.717, 1.165) is 97.8 Å². The van der Waals surface area contributed by atoms with Crippen LogP contribution in [-0.2, 0) is 24.9 Å². The molecular weight excluding hydrogens is 626 g/mol. The molecule has 3 heterocycles. The molecule has 1 spiro atoms. The summed E-state index contributed by atoms with van der Waals surface area (Å²) >= 11 is 6.78. The molecule has 10 nitrogen and oxygen atoms in total. The molecule has 4 aromatic rings. The summed E-state index contributed by atoms with van der Waals surface area (Å²) in [5.74, 6) is 0.0305. The maximum absolute atomic E-state index is 13.4. The number of nitrogens with zero attached hydrogens (tertiary/aromatic N) is 5. The molecule has 1 aliphatic heterocycles. The number of carbonyl (C=O) groups is 1. The van der Waals surface area contributed by atoms with Crippen LogP contribution >= 0.6 is 11.6 Å². The minimum atomic E-state index is -0.193. The van der Waals surface area contributed by atoms with Crippen molar-refractivity contribution in [3.63, 3.8) is 0 Å². The third kappa shape index (κ3) is 6.99. The first-order chi connectivity index (χ1) is 23.3. The molecule has 0 radical (unpaired) electrons. The zero-order valence-corrected chi connectivity index (χ0v) is 28.2. The van der Waals surface area contributed by atoms with Crippen molar-refractivity contribution in [2.75, 3.05) is 45.1 Å². The number of benzene rings is 2. The molecule has 3 unspecified atom stereocenters. The quantitative estimate of drug-likeness (QED) is 0.209. The molecule has 3 aliphatic rings. The largest absolute Gasteiger partial charge is 0.395 e. The highest BCUT2D eigenvalue weighted by molar-refractivity contribution is 6.33. The molecule has 4 N–H and O–H groups in total. The van der Waals surface area contributed by atoms with Crippen LogP contribution in [0.2, 0.25) is 5.02 Å². The van der Waals surface area contributed by atoms with Gasteiger partial charge >= 0.3 is 0 Å². The number of aliphatic hydroxyl groups is 1.